The van der Waals surface area contributed by atoms with Crippen LogP contribution < -0.4 is 0 Å². The van der Waals surface area contributed by atoms with E-state index in [0.29, 0.717) is 24.7 Å². The summed E-state index contributed by atoms with van der Waals surface area (Å²) >= 11 is 0. The minimum absolute atomic E-state index is 0.215. The van der Waals surface area contributed by atoms with Crippen LogP contribution in [0.25, 0.3) is 0 Å². The highest BCUT2D eigenvalue weighted by Crippen LogP contribution is 2.57. The van der Waals surface area contributed by atoms with Crippen molar-refractivity contribution in [3.05, 3.63) is 52.0 Å². The maximum atomic E-state index is 11.0. The van der Waals surface area contributed by atoms with Crippen molar-refractivity contribution >= 4 is 0 Å². The molecule has 2 fully saturated rings. The topological polar surface area (TPSA) is 69.9 Å². The molecule has 5 atom stereocenters. The number of aliphatic hydroxyl groups is 2. The number of fused-ring (bicyclic) bond motifs is 1. The van der Waals surface area contributed by atoms with E-state index < -0.39 is 11.7 Å². The summed E-state index contributed by atoms with van der Waals surface area (Å²) in [5.74, 6) is 1.08. The molecule has 0 radical (unpaired) electrons. The van der Waals surface area contributed by atoms with Gasteiger partial charge in [0.2, 0.25) is 0 Å². The Morgan fingerprint density at radius 1 is 1.39 bits per heavy atom. The average Bonchev–Trinajstić information content (AvgIpc) is 3.05. The molecule has 0 amide bonds. The van der Waals surface area contributed by atoms with Crippen molar-refractivity contribution in [3.8, 4) is 0 Å². The van der Waals surface area contributed by atoms with E-state index >= 15 is 0 Å². The third-order valence-corrected chi connectivity index (χ3v) is 7.98. The third kappa shape index (κ3) is 5.46. The maximum Gasteiger partial charge on any atom is 0.0987 e. The van der Waals surface area contributed by atoms with Crippen molar-refractivity contribution in [1.29, 1.82) is 0 Å². The van der Waals surface area contributed by atoms with Crippen LogP contribution in [0.3, 0.4) is 0 Å². The summed E-state index contributed by atoms with van der Waals surface area (Å²) in [6, 6.07) is -0.355. The first-order chi connectivity index (χ1) is 14.5. The van der Waals surface area contributed by atoms with Crippen molar-refractivity contribution in [2.75, 3.05) is 0 Å². The molecule has 0 aromatic rings. The lowest BCUT2D eigenvalue weighted by Gasteiger charge is -2.42. The van der Waals surface area contributed by atoms with Crippen molar-refractivity contribution in [2.45, 2.75) is 103 Å². The van der Waals surface area contributed by atoms with E-state index in [0.717, 1.165) is 43.3 Å². The molecule has 3 rings (SSSR count). The number of hydrogen-bond acceptors (Lipinski definition) is 4. The van der Waals surface area contributed by atoms with E-state index in [1.807, 2.05) is 13.8 Å². The van der Waals surface area contributed by atoms with E-state index in [1.54, 1.807) is 5.57 Å². The highest BCUT2D eigenvalue weighted by atomic mass is 16.3. The molecule has 0 bridgehead atoms. The number of rotatable bonds is 7. The summed E-state index contributed by atoms with van der Waals surface area (Å²) in [5.41, 5.74) is 4.43. The lowest BCUT2D eigenvalue weighted by molar-refractivity contribution is 0.0670. The van der Waals surface area contributed by atoms with Gasteiger partial charge >= 0.3 is 0 Å². The highest BCUT2D eigenvalue weighted by molar-refractivity contribution is 5.40. The van der Waals surface area contributed by atoms with Gasteiger partial charge in [0.05, 0.1) is 17.7 Å². The van der Waals surface area contributed by atoms with Gasteiger partial charge in [0.15, 0.2) is 0 Å². The zero-order chi connectivity index (χ0) is 22.8. The number of allylic oxidation sites excluding steroid dienone is 5. The van der Waals surface area contributed by atoms with Gasteiger partial charge in [0.25, 0.3) is 0 Å². The lowest BCUT2D eigenvalue weighted by atomic mass is 9.62. The van der Waals surface area contributed by atoms with Crippen molar-refractivity contribution in [2.24, 2.45) is 22.4 Å². The molecule has 2 N–H and O–H groups in total. The molecule has 31 heavy (non-hydrogen) atoms. The summed E-state index contributed by atoms with van der Waals surface area (Å²) in [6.07, 6.45) is 14.8. The fraction of sp³-hybridized carbons (Fsp3) is 0.704. The number of hydrogen-bond donors (Lipinski definition) is 2. The quantitative estimate of drug-likeness (QED) is 0.365. The van der Waals surface area contributed by atoms with Gasteiger partial charge in [-0.3, -0.25) is 0 Å². The second-order valence-corrected chi connectivity index (χ2v) is 11.0. The normalized spacial score (nSPS) is 35.2. The fourth-order valence-electron chi connectivity index (χ4n) is 6.16. The summed E-state index contributed by atoms with van der Waals surface area (Å²) in [6.45, 7) is 12.6. The van der Waals surface area contributed by atoms with Gasteiger partial charge in [-0.1, -0.05) is 61.4 Å². The monoisotopic (exact) mass is 427 g/mol. The summed E-state index contributed by atoms with van der Waals surface area (Å²) in [7, 11) is 0. The van der Waals surface area contributed by atoms with E-state index in [4.69, 9.17) is 0 Å². The molecule has 172 valence electrons. The summed E-state index contributed by atoms with van der Waals surface area (Å²) < 4.78 is 0. The zero-order valence-electron chi connectivity index (χ0n) is 19.9. The van der Waals surface area contributed by atoms with E-state index in [9.17, 15) is 15.1 Å². The van der Waals surface area contributed by atoms with E-state index in [-0.39, 0.29) is 11.5 Å². The van der Waals surface area contributed by atoms with Crippen LogP contribution in [0.5, 0.6) is 0 Å². The van der Waals surface area contributed by atoms with Crippen LogP contribution in [0.1, 0.15) is 85.5 Å². The largest absolute Gasteiger partial charge is 0.390 e. The van der Waals surface area contributed by atoms with Crippen molar-refractivity contribution in [1.82, 2.24) is 0 Å². The van der Waals surface area contributed by atoms with Gasteiger partial charge in [0.1, 0.15) is 0 Å². The minimum atomic E-state index is -0.665. The molecule has 0 aliphatic heterocycles. The first-order valence-electron chi connectivity index (χ1n) is 12.1. The second-order valence-electron chi connectivity index (χ2n) is 11.0. The van der Waals surface area contributed by atoms with Crippen molar-refractivity contribution < 1.29 is 10.2 Å². The number of aliphatic hydroxyl groups excluding tert-OH is 1. The van der Waals surface area contributed by atoms with Crippen LogP contribution >= 0.6 is 0 Å². The van der Waals surface area contributed by atoms with Crippen LogP contribution in [0.2, 0.25) is 0 Å². The molecule has 2 saturated carbocycles. The van der Waals surface area contributed by atoms with Crippen molar-refractivity contribution in [3.63, 3.8) is 0 Å². The van der Waals surface area contributed by atoms with Gasteiger partial charge in [-0.05, 0) is 87.2 Å². The number of nitrogens with zero attached hydrogens (tertiary/aromatic N) is 1. The first kappa shape index (κ1) is 24.1. The SMILES string of the molecule is C=C1/C(=C\C=C2/CCC[C@]3(C)C([C@@H](C)CCCC(C)(C)O)=CCC23)C[C@H](N=O)C[C@@H]1O. The Morgan fingerprint density at radius 2 is 2.13 bits per heavy atom. The van der Waals surface area contributed by atoms with Crippen LogP contribution in [0, 0.1) is 22.2 Å². The van der Waals surface area contributed by atoms with E-state index in [2.05, 4.69) is 43.8 Å². The predicted molar refractivity (Wildman–Crippen MR) is 128 cm³/mol. The molecule has 0 saturated heterocycles. The average molecular weight is 428 g/mol. The predicted octanol–water partition coefficient (Wildman–Crippen LogP) is 6.40. The molecule has 4 heteroatoms. The molecule has 3 aliphatic rings. The van der Waals surface area contributed by atoms with Gasteiger partial charge in [0, 0.05) is 6.42 Å². The van der Waals surface area contributed by atoms with Crippen LogP contribution in [-0.4, -0.2) is 28.0 Å². The Labute approximate surface area is 188 Å². The standard InChI is InChI=1S/C27H41NO3/c1-18(8-6-14-26(3,4)30)23-12-13-24-20(9-7-15-27(23,24)5)10-11-21-16-22(28-31)17-25(29)19(21)2/h10-12,18,22,24-25,29-30H,2,6-9,13-17H2,1,3-5H3/b20-10+,21-11-/t18-,22-,24?,25-,27+/m0/s1. The molecule has 0 aromatic heterocycles. The molecule has 4 nitrogen and oxygen atoms in total. The molecule has 3 aliphatic carbocycles. The Balaban J connectivity index is 1.72. The van der Waals surface area contributed by atoms with E-state index in [1.165, 1.54) is 18.4 Å². The van der Waals surface area contributed by atoms with Gasteiger partial charge in [-0.25, -0.2) is 0 Å². The molecule has 0 heterocycles. The molecule has 0 spiro atoms. The minimum Gasteiger partial charge on any atom is -0.390 e. The molecule has 0 aromatic carbocycles. The van der Waals surface area contributed by atoms with Gasteiger partial charge in [-0.2, -0.15) is 4.91 Å². The Kier molecular flexibility index (Phi) is 7.43. The number of nitroso groups, excluding NO2 is 1. The smallest absolute Gasteiger partial charge is 0.0987 e. The van der Waals surface area contributed by atoms with Crippen LogP contribution in [0.4, 0.5) is 0 Å². The van der Waals surface area contributed by atoms with Gasteiger partial charge in [-0.15, -0.1) is 0 Å². The summed E-state index contributed by atoms with van der Waals surface area (Å²) in [5, 5.41) is 23.4. The molecular formula is C27H41NO3. The Bertz CT molecular complexity index is 785. The lowest BCUT2D eigenvalue weighted by Crippen LogP contribution is -2.32. The van der Waals surface area contributed by atoms with Crippen LogP contribution in [0.15, 0.2) is 52.3 Å². The van der Waals surface area contributed by atoms with Gasteiger partial charge < -0.3 is 10.2 Å². The molecule has 1 unspecified atom stereocenters. The zero-order valence-corrected chi connectivity index (χ0v) is 19.9. The summed E-state index contributed by atoms with van der Waals surface area (Å²) in [4.78, 5) is 11.0. The highest BCUT2D eigenvalue weighted by Gasteiger charge is 2.45. The first-order valence-corrected chi connectivity index (χ1v) is 12.1. The third-order valence-electron chi connectivity index (χ3n) is 7.98. The van der Waals surface area contributed by atoms with Crippen LogP contribution in [-0.2, 0) is 0 Å². The Morgan fingerprint density at radius 3 is 2.81 bits per heavy atom. The second kappa shape index (κ2) is 9.54. The maximum absolute atomic E-state index is 11.0. The Hall–Kier alpha value is -1.52. The fourth-order valence-corrected chi connectivity index (χ4v) is 6.16. The molecular weight excluding hydrogens is 386 g/mol.